The van der Waals surface area contributed by atoms with E-state index in [1.54, 1.807) is 0 Å². The maximum atomic E-state index is 12.2. The Labute approximate surface area is 145 Å². The number of carbonyl (C=O) groups is 3. The fraction of sp³-hybridized carbons (Fsp3) is 0.538. The summed E-state index contributed by atoms with van der Waals surface area (Å²) in [6.07, 6.45) is 0.768. The molecule has 3 aliphatic rings. The summed E-state index contributed by atoms with van der Waals surface area (Å²) in [7, 11) is 0. The normalized spacial score (nSPS) is 27.3. The van der Waals surface area contributed by atoms with E-state index in [2.05, 4.69) is 20.8 Å². The van der Waals surface area contributed by atoms with Crippen molar-refractivity contribution in [3.63, 3.8) is 0 Å². The summed E-state index contributed by atoms with van der Waals surface area (Å²) in [5.41, 5.74) is 5.94. The van der Waals surface area contributed by atoms with E-state index in [0.717, 1.165) is 6.42 Å². The summed E-state index contributed by atoms with van der Waals surface area (Å²) in [4.78, 5) is 36.4. The monoisotopic (exact) mass is 365 g/mol. The Balaban J connectivity index is 1.59. The predicted molar refractivity (Wildman–Crippen MR) is 82.9 cm³/mol. The smallest absolute Gasteiger partial charge is 0.352 e. The van der Waals surface area contributed by atoms with E-state index < -0.39 is 11.9 Å². The van der Waals surface area contributed by atoms with Gasteiger partial charge in [0.05, 0.1) is 6.04 Å². The maximum absolute atomic E-state index is 12.2. The highest BCUT2D eigenvalue weighted by molar-refractivity contribution is 7.99. The molecular formula is C13H15N7O4S. The van der Waals surface area contributed by atoms with Crippen molar-refractivity contribution in [1.29, 1.82) is 0 Å². The van der Waals surface area contributed by atoms with Crippen molar-refractivity contribution >= 4 is 29.5 Å². The van der Waals surface area contributed by atoms with Gasteiger partial charge in [-0.3, -0.25) is 14.5 Å². The standard InChI is InChI=1S/C13H15N7O4S/c14-7(21)3-19-13(16-17-18-19)25-4-6-5-1-2-15-8-9(5)20(11(8)22)10(6)12(23)24/h5,8-9,15H,1-4H2,(H2,14,21)(H,23,24)/t5?,8-,9+/m0/s1. The molecule has 25 heavy (non-hydrogen) atoms. The summed E-state index contributed by atoms with van der Waals surface area (Å²) < 4.78 is 1.27. The molecule has 2 fully saturated rings. The van der Waals surface area contributed by atoms with Gasteiger partial charge in [0.2, 0.25) is 17.0 Å². The maximum Gasteiger partial charge on any atom is 0.352 e. The first kappa shape index (κ1) is 16.0. The number of hydrogen-bond donors (Lipinski definition) is 3. The van der Waals surface area contributed by atoms with Gasteiger partial charge in [0.25, 0.3) is 0 Å². The Kier molecular flexibility index (Phi) is 3.72. The van der Waals surface area contributed by atoms with Crippen LogP contribution in [0.3, 0.4) is 0 Å². The average Bonchev–Trinajstić information content (AvgIpc) is 3.12. The highest BCUT2D eigenvalue weighted by Gasteiger charge is 2.60. The van der Waals surface area contributed by atoms with Crippen LogP contribution < -0.4 is 11.1 Å². The minimum Gasteiger partial charge on any atom is -0.477 e. The summed E-state index contributed by atoms with van der Waals surface area (Å²) >= 11 is 1.23. The van der Waals surface area contributed by atoms with Crippen LogP contribution in [0.5, 0.6) is 0 Å². The number of aliphatic carboxylic acids is 1. The van der Waals surface area contributed by atoms with Gasteiger partial charge in [-0.15, -0.1) is 5.10 Å². The van der Waals surface area contributed by atoms with Gasteiger partial charge in [0.1, 0.15) is 18.3 Å². The first-order valence-corrected chi connectivity index (χ1v) is 8.67. The highest BCUT2D eigenvalue weighted by atomic mass is 32.2. The summed E-state index contributed by atoms with van der Waals surface area (Å²) in [6.45, 7) is 0.523. The Morgan fingerprint density at radius 3 is 2.96 bits per heavy atom. The minimum absolute atomic E-state index is 0.0167. The SMILES string of the molecule is NC(=O)Cn1nnnc1SCC1=C(C(=O)O)N2C(=O)[C@H]3NCCC1[C@H]32. The van der Waals surface area contributed by atoms with E-state index in [0.29, 0.717) is 23.0 Å². The van der Waals surface area contributed by atoms with E-state index >= 15 is 0 Å². The number of nitrogens with zero attached hydrogens (tertiary/aromatic N) is 5. The number of piperidine rings is 1. The molecule has 1 aromatic rings. The molecule has 4 rings (SSSR count). The number of primary amides is 1. The van der Waals surface area contributed by atoms with Crippen LogP contribution in [0, 0.1) is 5.92 Å². The number of carbonyl (C=O) groups excluding carboxylic acids is 2. The molecule has 3 aliphatic heterocycles. The lowest BCUT2D eigenvalue weighted by Crippen LogP contribution is -2.71. The van der Waals surface area contributed by atoms with Gasteiger partial charge in [-0.25, -0.2) is 9.48 Å². The number of β-lactam (4-membered cyclic amide) rings is 1. The van der Waals surface area contributed by atoms with Crippen molar-refractivity contribution in [3.05, 3.63) is 11.3 Å². The summed E-state index contributed by atoms with van der Waals surface area (Å²) in [6, 6.07) is -0.416. The molecule has 1 aromatic heterocycles. The van der Waals surface area contributed by atoms with E-state index in [1.165, 1.54) is 21.3 Å². The van der Waals surface area contributed by atoms with Gasteiger partial charge < -0.3 is 16.2 Å². The number of carboxylic acid groups (broad SMARTS) is 1. The first-order valence-electron chi connectivity index (χ1n) is 7.69. The lowest BCUT2D eigenvalue weighted by atomic mass is 9.80. The molecule has 12 heteroatoms. The number of carboxylic acids is 1. The van der Waals surface area contributed by atoms with Crippen molar-refractivity contribution in [2.75, 3.05) is 12.3 Å². The van der Waals surface area contributed by atoms with E-state index in [4.69, 9.17) is 5.73 Å². The van der Waals surface area contributed by atoms with Gasteiger partial charge >= 0.3 is 5.97 Å². The molecule has 0 spiro atoms. The Bertz CT molecular complexity index is 806. The Morgan fingerprint density at radius 2 is 2.24 bits per heavy atom. The van der Waals surface area contributed by atoms with Crippen LogP contribution in [0.1, 0.15) is 6.42 Å². The molecule has 3 atom stereocenters. The predicted octanol–water partition coefficient (Wildman–Crippen LogP) is -2.21. The summed E-state index contributed by atoms with van der Waals surface area (Å²) in [5.74, 6) is -1.52. The zero-order valence-corrected chi connectivity index (χ0v) is 13.8. The quantitative estimate of drug-likeness (QED) is 0.376. The lowest BCUT2D eigenvalue weighted by Gasteiger charge is -2.48. The van der Waals surface area contributed by atoms with Crippen LogP contribution in [-0.4, -0.2) is 72.4 Å². The lowest BCUT2D eigenvalue weighted by molar-refractivity contribution is -0.154. The van der Waals surface area contributed by atoms with Crippen molar-refractivity contribution in [3.8, 4) is 0 Å². The van der Waals surface area contributed by atoms with Gasteiger partial charge in [0.15, 0.2) is 0 Å². The fourth-order valence-corrected chi connectivity index (χ4v) is 4.75. The molecule has 4 N–H and O–H groups in total. The number of nitrogens with two attached hydrogens (primary N) is 1. The Hall–Kier alpha value is -2.47. The molecule has 0 saturated carbocycles. The molecule has 2 saturated heterocycles. The van der Waals surface area contributed by atoms with Crippen molar-refractivity contribution in [2.45, 2.75) is 30.2 Å². The third-order valence-electron chi connectivity index (χ3n) is 4.73. The second-order valence-corrected chi connectivity index (χ2v) is 7.02. The molecule has 1 unspecified atom stereocenters. The second-order valence-electron chi connectivity index (χ2n) is 6.08. The van der Waals surface area contributed by atoms with E-state index in [9.17, 15) is 19.5 Å². The molecule has 0 bridgehead atoms. The van der Waals surface area contributed by atoms with Crippen LogP contribution in [0.4, 0.5) is 0 Å². The Morgan fingerprint density at radius 1 is 1.44 bits per heavy atom. The van der Waals surface area contributed by atoms with Crippen LogP contribution in [0.15, 0.2) is 16.4 Å². The topological polar surface area (TPSA) is 156 Å². The van der Waals surface area contributed by atoms with Crippen LogP contribution in [0.25, 0.3) is 0 Å². The van der Waals surface area contributed by atoms with Gasteiger partial charge in [-0.1, -0.05) is 11.8 Å². The van der Waals surface area contributed by atoms with Crippen molar-refractivity contribution in [1.82, 2.24) is 30.4 Å². The zero-order chi connectivity index (χ0) is 17.7. The van der Waals surface area contributed by atoms with E-state index in [1.807, 2.05) is 0 Å². The molecule has 2 amide bonds. The number of nitrogens with one attached hydrogen (secondary N) is 1. The molecule has 0 aliphatic carbocycles. The van der Waals surface area contributed by atoms with Crippen molar-refractivity contribution < 1.29 is 19.5 Å². The number of rotatable bonds is 6. The highest BCUT2D eigenvalue weighted by Crippen LogP contribution is 2.47. The minimum atomic E-state index is -1.10. The van der Waals surface area contributed by atoms with Gasteiger partial charge in [0, 0.05) is 11.7 Å². The molecule has 0 aromatic carbocycles. The molecule has 11 nitrogen and oxygen atoms in total. The van der Waals surface area contributed by atoms with Crippen LogP contribution in [0.2, 0.25) is 0 Å². The molecule has 4 heterocycles. The number of tetrazole rings is 1. The van der Waals surface area contributed by atoms with Crippen molar-refractivity contribution in [2.24, 2.45) is 11.7 Å². The first-order chi connectivity index (χ1) is 12.0. The van der Waals surface area contributed by atoms with Crippen LogP contribution >= 0.6 is 11.8 Å². The fourth-order valence-electron chi connectivity index (χ4n) is 3.77. The van der Waals surface area contributed by atoms with Gasteiger partial charge in [-0.05, 0) is 29.0 Å². The third-order valence-corrected chi connectivity index (χ3v) is 5.74. The van der Waals surface area contributed by atoms with E-state index in [-0.39, 0.29) is 36.2 Å². The number of amides is 2. The molecule has 132 valence electrons. The second kappa shape index (κ2) is 5.81. The largest absolute Gasteiger partial charge is 0.477 e. The number of aromatic nitrogens is 4. The summed E-state index contributed by atoms with van der Waals surface area (Å²) in [5, 5.41) is 24.2. The number of hydrogen-bond acceptors (Lipinski definition) is 8. The molecule has 0 radical (unpaired) electrons. The molecular weight excluding hydrogens is 350 g/mol. The third kappa shape index (κ3) is 2.40. The zero-order valence-electron chi connectivity index (χ0n) is 13.0. The van der Waals surface area contributed by atoms with Crippen LogP contribution in [-0.2, 0) is 20.9 Å². The average molecular weight is 365 g/mol. The van der Waals surface area contributed by atoms with Gasteiger partial charge in [-0.2, -0.15) is 0 Å². The number of thioether (sulfide) groups is 1.